The highest BCUT2D eigenvalue weighted by atomic mass is 16.5. The van der Waals surface area contributed by atoms with Gasteiger partial charge in [-0.05, 0) is 62.6 Å². The van der Waals surface area contributed by atoms with Crippen LogP contribution in [0, 0.1) is 17.8 Å². The molecule has 18 heavy (non-hydrogen) atoms. The summed E-state index contributed by atoms with van der Waals surface area (Å²) < 4.78 is 5.54. The Morgan fingerprint density at radius 1 is 1.33 bits per heavy atom. The van der Waals surface area contributed by atoms with Crippen molar-refractivity contribution < 1.29 is 4.74 Å². The van der Waals surface area contributed by atoms with Gasteiger partial charge in [-0.3, -0.25) is 4.98 Å². The highest BCUT2D eigenvalue weighted by Gasteiger charge is 2.47. The normalized spacial score (nSPS) is 30.9. The van der Waals surface area contributed by atoms with Gasteiger partial charge in [0.25, 0.3) is 0 Å². The van der Waals surface area contributed by atoms with Gasteiger partial charge in [0, 0.05) is 12.2 Å². The predicted octanol–water partition coefficient (Wildman–Crippen LogP) is 2.79. The summed E-state index contributed by atoms with van der Waals surface area (Å²) in [5, 5.41) is 3.48. The molecule has 0 radical (unpaired) electrons. The smallest absolute Gasteiger partial charge is 0.137 e. The van der Waals surface area contributed by atoms with Crippen LogP contribution in [-0.4, -0.2) is 18.6 Å². The van der Waals surface area contributed by atoms with Gasteiger partial charge in [0.05, 0.1) is 12.8 Å². The van der Waals surface area contributed by atoms with Crippen LogP contribution in [0.1, 0.15) is 37.8 Å². The maximum absolute atomic E-state index is 5.54. The summed E-state index contributed by atoms with van der Waals surface area (Å²) in [5.41, 5.74) is 1.27. The fraction of sp³-hybridized carbons (Fsp3) is 0.667. The van der Waals surface area contributed by atoms with Crippen LogP contribution in [0.2, 0.25) is 0 Å². The lowest BCUT2D eigenvalue weighted by molar-refractivity contribution is 0.333. The molecule has 3 atom stereocenters. The lowest BCUT2D eigenvalue weighted by atomic mass is 9.90. The number of pyridine rings is 1. The van der Waals surface area contributed by atoms with Gasteiger partial charge in [-0.25, -0.2) is 0 Å². The van der Waals surface area contributed by atoms with Crippen molar-refractivity contribution in [1.82, 2.24) is 10.3 Å². The summed E-state index contributed by atoms with van der Waals surface area (Å²) in [6, 6.07) is 2.58. The maximum atomic E-state index is 5.54. The standard InChI is InChI=1S/C15H22N2O/c1-3-18-14-7-13(8-17-9-14)15(16-2)12-5-10-4-11(10)6-12/h7-12,15-16H,3-6H2,1-2H3. The zero-order valence-electron chi connectivity index (χ0n) is 11.2. The van der Waals surface area contributed by atoms with Crippen LogP contribution in [0.25, 0.3) is 0 Å². The highest BCUT2D eigenvalue weighted by Crippen LogP contribution is 2.57. The summed E-state index contributed by atoms with van der Waals surface area (Å²) in [4.78, 5) is 4.31. The molecule has 0 amide bonds. The molecule has 2 fully saturated rings. The van der Waals surface area contributed by atoms with E-state index in [1.165, 1.54) is 24.8 Å². The minimum Gasteiger partial charge on any atom is -0.492 e. The molecule has 2 saturated carbocycles. The van der Waals surface area contributed by atoms with E-state index in [1.54, 1.807) is 6.20 Å². The van der Waals surface area contributed by atoms with Crippen molar-refractivity contribution in [3.8, 4) is 5.75 Å². The molecule has 0 bridgehead atoms. The predicted molar refractivity (Wildman–Crippen MR) is 71.5 cm³/mol. The number of hydrogen-bond acceptors (Lipinski definition) is 3. The Hall–Kier alpha value is -1.09. The molecule has 3 unspecified atom stereocenters. The van der Waals surface area contributed by atoms with Gasteiger partial charge in [-0.2, -0.15) is 0 Å². The molecule has 3 rings (SSSR count). The van der Waals surface area contributed by atoms with Gasteiger partial charge in [0.2, 0.25) is 0 Å². The molecule has 3 heteroatoms. The molecule has 2 aliphatic rings. The molecule has 0 spiro atoms. The molecule has 0 aliphatic heterocycles. The first-order chi connectivity index (χ1) is 8.81. The summed E-state index contributed by atoms with van der Waals surface area (Å²) in [7, 11) is 2.06. The molecular formula is C15H22N2O. The van der Waals surface area contributed by atoms with Crippen molar-refractivity contribution in [3.63, 3.8) is 0 Å². The largest absolute Gasteiger partial charge is 0.492 e. The minimum atomic E-state index is 0.436. The first kappa shape index (κ1) is 12.0. The van der Waals surface area contributed by atoms with Gasteiger partial charge in [0.15, 0.2) is 0 Å². The SMILES string of the molecule is CCOc1cncc(C(NC)C2CC3CC3C2)c1. The highest BCUT2D eigenvalue weighted by molar-refractivity contribution is 5.27. The van der Waals surface area contributed by atoms with E-state index in [-0.39, 0.29) is 0 Å². The van der Waals surface area contributed by atoms with Crippen LogP contribution >= 0.6 is 0 Å². The number of fused-ring (bicyclic) bond motifs is 1. The molecule has 98 valence electrons. The third-order valence-electron chi connectivity index (χ3n) is 4.47. The Bertz CT molecular complexity index is 411. The van der Waals surface area contributed by atoms with Gasteiger partial charge in [0.1, 0.15) is 5.75 Å². The topological polar surface area (TPSA) is 34.1 Å². The molecule has 1 aromatic rings. The number of nitrogens with one attached hydrogen (secondary N) is 1. The Kier molecular flexibility index (Phi) is 3.25. The van der Waals surface area contributed by atoms with Crippen molar-refractivity contribution in [2.24, 2.45) is 17.8 Å². The number of ether oxygens (including phenoxy) is 1. The van der Waals surface area contributed by atoms with Gasteiger partial charge < -0.3 is 10.1 Å². The van der Waals surface area contributed by atoms with Crippen LogP contribution < -0.4 is 10.1 Å². The van der Waals surface area contributed by atoms with Crippen LogP contribution in [-0.2, 0) is 0 Å². The Labute approximate surface area is 109 Å². The number of rotatable bonds is 5. The molecule has 1 N–H and O–H groups in total. The summed E-state index contributed by atoms with van der Waals surface area (Å²) >= 11 is 0. The van der Waals surface area contributed by atoms with E-state index in [1.807, 2.05) is 13.1 Å². The molecule has 1 aromatic heterocycles. The summed E-state index contributed by atoms with van der Waals surface area (Å²) in [6.07, 6.45) is 8.02. The molecular weight excluding hydrogens is 224 g/mol. The Morgan fingerprint density at radius 3 is 2.78 bits per heavy atom. The molecule has 0 aromatic carbocycles. The van der Waals surface area contributed by atoms with Crippen molar-refractivity contribution in [2.75, 3.05) is 13.7 Å². The fourth-order valence-corrected chi connectivity index (χ4v) is 3.56. The number of aromatic nitrogens is 1. The van der Waals surface area contributed by atoms with Crippen molar-refractivity contribution >= 4 is 0 Å². The van der Waals surface area contributed by atoms with Gasteiger partial charge in [-0.15, -0.1) is 0 Å². The van der Waals surface area contributed by atoms with Gasteiger partial charge >= 0.3 is 0 Å². The van der Waals surface area contributed by atoms with Crippen molar-refractivity contribution in [1.29, 1.82) is 0 Å². The Balaban J connectivity index is 1.75. The van der Waals surface area contributed by atoms with Crippen LogP contribution in [0.3, 0.4) is 0 Å². The second-order valence-corrected chi connectivity index (χ2v) is 5.64. The lowest BCUT2D eigenvalue weighted by Crippen LogP contribution is -2.24. The van der Waals surface area contributed by atoms with E-state index >= 15 is 0 Å². The molecule has 3 nitrogen and oxygen atoms in total. The van der Waals surface area contributed by atoms with Gasteiger partial charge in [-0.1, -0.05) is 0 Å². The van der Waals surface area contributed by atoms with E-state index in [4.69, 9.17) is 4.74 Å². The minimum absolute atomic E-state index is 0.436. The maximum Gasteiger partial charge on any atom is 0.137 e. The van der Waals surface area contributed by atoms with E-state index in [2.05, 4.69) is 23.4 Å². The zero-order chi connectivity index (χ0) is 12.5. The average molecular weight is 246 g/mol. The molecule has 2 aliphatic carbocycles. The average Bonchev–Trinajstić information content (AvgIpc) is 2.99. The second-order valence-electron chi connectivity index (χ2n) is 5.64. The van der Waals surface area contributed by atoms with Crippen molar-refractivity contribution in [2.45, 2.75) is 32.2 Å². The summed E-state index contributed by atoms with van der Waals surface area (Å²) in [5.74, 6) is 3.71. The van der Waals surface area contributed by atoms with E-state index in [9.17, 15) is 0 Å². The zero-order valence-corrected chi connectivity index (χ0v) is 11.2. The number of nitrogens with zero attached hydrogens (tertiary/aromatic N) is 1. The van der Waals surface area contributed by atoms with E-state index in [0.717, 1.165) is 23.5 Å². The monoisotopic (exact) mass is 246 g/mol. The summed E-state index contributed by atoms with van der Waals surface area (Å²) in [6.45, 7) is 2.70. The van der Waals surface area contributed by atoms with Crippen LogP contribution in [0.5, 0.6) is 5.75 Å². The van der Waals surface area contributed by atoms with Crippen LogP contribution in [0.15, 0.2) is 18.5 Å². The molecule has 0 saturated heterocycles. The quantitative estimate of drug-likeness (QED) is 0.867. The third kappa shape index (κ3) is 2.24. The Morgan fingerprint density at radius 2 is 2.11 bits per heavy atom. The third-order valence-corrected chi connectivity index (χ3v) is 4.47. The first-order valence-electron chi connectivity index (χ1n) is 7.06. The lowest BCUT2D eigenvalue weighted by Gasteiger charge is -2.24. The fourth-order valence-electron chi connectivity index (χ4n) is 3.56. The van der Waals surface area contributed by atoms with E-state index < -0.39 is 0 Å². The van der Waals surface area contributed by atoms with Crippen molar-refractivity contribution in [3.05, 3.63) is 24.0 Å². The molecule has 1 heterocycles. The second kappa shape index (κ2) is 4.88. The van der Waals surface area contributed by atoms with E-state index in [0.29, 0.717) is 12.6 Å². The first-order valence-corrected chi connectivity index (χ1v) is 7.06. The number of hydrogen-bond donors (Lipinski definition) is 1. The van der Waals surface area contributed by atoms with Crippen LogP contribution in [0.4, 0.5) is 0 Å².